The van der Waals surface area contributed by atoms with Crippen LogP contribution in [0.25, 0.3) is 0 Å². The first-order valence-electron chi connectivity index (χ1n) is 8.06. The van der Waals surface area contributed by atoms with E-state index < -0.39 is 5.97 Å². The van der Waals surface area contributed by atoms with E-state index in [4.69, 9.17) is 14.6 Å². The fraction of sp³-hybridized carbons (Fsp3) is 0.263. The van der Waals surface area contributed by atoms with E-state index in [1.165, 1.54) is 0 Å². The topological polar surface area (TPSA) is 84.9 Å². The van der Waals surface area contributed by atoms with Crippen LogP contribution >= 0.6 is 0 Å². The molecule has 2 aromatic rings. The Morgan fingerprint density at radius 1 is 1.08 bits per heavy atom. The molecule has 130 valence electrons. The van der Waals surface area contributed by atoms with Crippen LogP contribution in [0.2, 0.25) is 0 Å². The van der Waals surface area contributed by atoms with E-state index in [0.29, 0.717) is 17.9 Å². The summed E-state index contributed by atoms with van der Waals surface area (Å²) in [5.74, 6) is 0.257. The summed E-state index contributed by atoms with van der Waals surface area (Å²) in [6.07, 6.45) is 0.517. The molecule has 1 heterocycles. The lowest BCUT2D eigenvalue weighted by Crippen LogP contribution is -2.30. The zero-order chi connectivity index (χ0) is 17.6. The summed E-state index contributed by atoms with van der Waals surface area (Å²) in [4.78, 5) is 23.3. The van der Waals surface area contributed by atoms with Crippen LogP contribution in [0.3, 0.4) is 0 Å². The maximum atomic E-state index is 12.4. The Bertz CT molecular complexity index is 760. The largest absolute Gasteiger partial charge is 0.481 e. The van der Waals surface area contributed by atoms with Crippen LogP contribution in [-0.4, -0.2) is 23.8 Å². The van der Waals surface area contributed by atoms with E-state index in [1.54, 1.807) is 12.1 Å². The van der Waals surface area contributed by atoms with Crippen molar-refractivity contribution in [2.75, 3.05) is 6.79 Å². The van der Waals surface area contributed by atoms with Gasteiger partial charge in [-0.05, 0) is 29.7 Å². The zero-order valence-electron chi connectivity index (χ0n) is 13.6. The van der Waals surface area contributed by atoms with Gasteiger partial charge in [0.2, 0.25) is 12.7 Å². The SMILES string of the molecule is O=C(O)CCC(NC(=O)Cc1ccc2c(c1)OCO2)c1ccccc1. The van der Waals surface area contributed by atoms with E-state index in [1.807, 2.05) is 36.4 Å². The second kappa shape index (κ2) is 7.70. The van der Waals surface area contributed by atoms with Crippen molar-refractivity contribution in [1.29, 1.82) is 0 Å². The minimum atomic E-state index is -0.883. The van der Waals surface area contributed by atoms with Crippen molar-refractivity contribution in [1.82, 2.24) is 5.32 Å². The highest BCUT2D eigenvalue weighted by atomic mass is 16.7. The second-order valence-corrected chi connectivity index (χ2v) is 5.83. The molecule has 0 spiro atoms. The molecule has 6 heteroatoms. The number of nitrogens with one attached hydrogen (secondary N) is 1. The van der Waals surface area contributed by atoms with Gasteiger partial charge in [0.1, 0.15) is 0 Å². The zero-order valence-corrected chi connectivity index (χ0v) is 13.6. The Hall–Kier alpha value is -3.02. The molecule has 0 bridgehead atoms. The van der Waals surface area contributed by atoms with Gasteiger partial charge in [-0.2, -0.15) is 0 Å². The number of carbonyl (C=O) groups excluding carboxylic acids is 1. The summed E-state index contributed by atoms with van der Waals surface area (Å²) in [5, 5.41) is 11.9. The van der Waals surface area contributed by atoms with Gasteiger partial charge in [0.25, 0.3) is 0 Å². The van der Waals surface area contributed by atoms with Gasteiger partial charge < -0.3 is 19.9 Å². The first kappa shape index (κ1) is 16.8. The number of benzene rings is 2. The fourth-order valence-corrected chi connectivity index (χ4v) is 2.76. The molecule has 0 aromatic heterocycles. The average Bonchev–Trinajstić information content (AvgIpc) is 3.07. The smallest absolute Gasteiger partial charge is 0.303 e. The third-order valence-corrected chi connectivity index (χ3v) is 3.99. The van der Waals surface area contributed by atoms with Gasteiger partial charge in [-0.3, -0.25) is 9.59 Å². The number of hydrogen-bond acceptors (Lipinski definition) is 4. The standard InChI is InChI=1S/C19H19NO5/c21-18(11-13-6-8-16-17(10-13)25-12-24-16)20-15(7-9-19(22)23)14-4-2-1-3-5-14/h1-6,8,10,15H,7,9,11-12H2,(H,20,21)(H,22,23). The van der Waals surface area contributed by atoms with Crippen LogP contribution in [0.15, 0.2) is 48.5 Å². The van der Waals surface area contributed by atoms with Gasteiger partial charge in [-0.25, -0.2) is 0 Å². The Labute approximate surface area is 145 Å². The van der Waals surface area contributed by atoms with Crippen molar-refractivity contribution in [2.24, 2.45) is 0 Å². The van der Waals surface area contributed by atoms with E-state index in [2.05, 4.69) is 5.32 Å². The lowest BCUT2D eigenvalue weighted by Gasteiger charge is -2.18. The Morgan fingerprint density at radius 3 is 2.60 bits per heavy atom. The van der Waals surface area contributed by atoms with Crippen LogP contribution in [-0.2, 0) is 16.0 Å². The minimum Gasteiger partial charge on any atom is -0.481 e. The number of carboxylic acids is 1. The molecule has 1 amide bonds. The first-order valence-corrected chi connectivity index (χ1v) is 8.06. The summed E-state index contributed by atoms with van der Waals surface area (Å²) < 4.78 is 10.6. The van der Waals surface area contributed by atoms with Crippen molar-refractivity contribution < 1.29 is 24.2 Å². The minimum absolute atomic E-state index is 0.0101. The monoisotopic (exact) mass is 341 g/mol. The van der Waals surface area contributed by atoms with E-state index in [-0.39, 0.29) is 31.6 Å². The van der Waals surface area contributed by atoms with Crippen molar-refractivity contribution in [3.8, 4) is 11.5 Å². The van der Waals surface area contributed by atoms with Crippen LogP contribution in [0.5, 0.6) is 11.5 Å². The van der Waals surface area contributed by atoms with Crippen molar-refractivity contribution >= 4 is 11.9 Å². The van der Waals surface area contributed by atoms with Crippen LogP contribution in [0, 0.1) is 0 Å². The molecule has 25 heavy (non-hydrogen) atoms. The first-order chi connectivity index (χ1) is 12.1. The summed E-state index contributed by atoms with van der Waals surface area (Å²) in [6, 6.07) is 14.4. The highest BCUT2D eigenvalue weighted by molar-refractivity contribution is 5.79. The Balaban J connectivity index is 1.66. The fourth-order valence-electron chi connectivity index (χ4n) is 2.76. The second-order valence-electron chi connectivity index (χ2n) is 5.83. The molecular formula is C19H19NO5. The van der Waals surface area contributed by atoms with Crippen LogP contribution in [0.1, 0.15) is 30.0 Å². The maximum absolute atomic E-state index is 12.4. The Kier molecular flexibility index (Phi) is 5.18. The number of hydrogen-bond donors (Lipinski definition) is 2. The lowest BCUT2D eigenvalue weighted by molar-refractivity contribution is -0.137. The van der Waals surface area contributed by atoms with E-state index in [0.717, 1.165) is 11.1 Å². The van der Waals surface area contributed by atoms with Gasteiger partial charge in [0.05, 0.1) is 12.5 Å². The molecule has 1 aliphatic heterocycles. The molecule has 1 aliphatic rings. The molecule has 2 N–H and O–H groups in total. The average molecular weight is 341 g/mol. The number of carboxylic acid groups (broad SMARTS) is 1. The third-order valence-electron chi connectivity index (χ3n) is 3.99. The van der Waals surface area contributed by atoms with Crippen molar-refractivity contribution in [3.63, 3.8) is 0 Å². The van der Waals surface area contributed by atoms with Gasteiger partial charge in [-0.1, -0.05) is 36.4 Å². The summed E-state index contributed by atoms with van der Waals surface area (Å²) in [7, 11) is 0. The van der Waals surface area contributed by atoms with Gasteiger partial charge in [0.15, 0.2) is 11.5 Å². The molecule has 0 fully saturated rings. The number of amides is 1. The molecule has 6 nitrogen and oxygen atoms in total. The number of aliphatic carboxylic acids is 1. The number of rotatable bonds is 7. The van der Waals surface area contributed by atoms with Crippen LogP contribution in [0.4, 0.5) is 0 Å². The number of carbonyl (C=O) groups is 2. The van der Waals surface area contributed by atoms with Gasteiger partial charge in [0, 0.05) is 6.42 Å². The highest BCUT2D eigenvalue weighted by Gasteiger charge is 2.18. The molecule has 0 radical (unpaired) electrons. The normalized spacial score (nSPS) is 13.3. The number of fused-ring (bicyclic) bond motifs is 1. The molecule has 0 saturated heterocycles. The number of ether oxygens (including phenoxy) is 2. The summed E-state index contributed by atoms with van der Waals surface area (Å²) in [6.45, 7) is 0.191. The van der Waals surface area contributed by atoms with Crippen LogP contribution < -0.4 is 14.8 Å². The molecule has 0 saturated carbocycles. The van der Waals surface area contributed by atoms with Gasteiger partial charge >= 0.3 is 5.97 Å². The van der Waals surface area contributed by atoms with Crippen molar-refractivity contribution in [3.05, 3.63) is 59.7 Å². The third kappa shape index (κ3) is 4.50. The molecule has 0 aliphatic carbocycles. The molecule has 3 rings (SSSR count). The molecular weight excluding hydrogens is 322 g/mol. The maximum Gasteiger partial charge on any atom is 0.303 e. The van der Waals surface area contributed by atoms with E-state index >= 15 is 0 Å². The lowest BCUT2D eigenvalue weighted by atomic mass is 10.0. The summed E-state index contributed by atoms with van der Waals surface area (Å²) >= 11 is 0. The van der Waals surface area contributed by atoms with Gasteiger partial charge in [-0.15, -0.1) is 0 Å². The quantitative estimate of drug-likeness (QED) is 0.809. The summed E-state index contributed by atoms with van der Waals surface area (Å²) in [5.41, 5.74) is 1.70. The molecule has 2 aromatic carbocycles. The predicted octanol–water partition coefficient (Wildman–Crippen LogP) is 2.68. The van der Waals surface area contributed by atoms with Crippen molar-refractivity contribution in [2.45, 2.75) is 25.3 Å². The predicted molar refractivity (Wildman–Crippen MR) is 90.5 cm³/mol. The molecule has 1 unspecified atom stereocenters. The van der Waals surface area contributed by atoms with E-state index in [9.17, 15) is 9.59 Å². The molecule has 1 atom stereocenters. The highest BCUT2D eigenvalue weighted by Crippen LogP contribution is 2.32. The Morgan fingerprint density at radius 2 is 1.84 bits per heavy atom.